The van der Waals surface area contributed by atoms with Gasteiger partial charge in [0.2, 0.25) is 0 Å². The van der Waals surface area contributed by atoms with Gasteiger partial charge in [0.15, 0.2) is 0 Å². The SMILES string of the molecule is Cc1cc(Br)ccc1NC(C)c1cc(Cl)ccc1Cl. The molecule has 0 aromatic heterocycles. The predicted octanol–water partition coefficient (Wildman–Crippen LogP) is 6.24. The van der Waals surface area contributed by atoms with Crippen molar-refractivity contribution in [2.24, 2.45) is 0 Å². The summed E-state index contributed by atoms with van der Waals surface area (Å²) in [5.74, 6) is 0. The van der Waals surface area contributed by atoms with Crippen molar-refractivity contribution in [2.45, 2.75) is 19.9 Å². The lowest BCUT2D eigenvalue weighted by atomic mass is 10.1. The fraction of sp³-hybridized carbons (Fsp3) is 0.200. The van der Waals surface area contributed by atoms with E-state index in [1.807, 2.05) is 24.3 Å². The molecule has 4 heteroatoms. The standard InChI is InChI=1S/C15H14BrCl2N/c1-9-7-11(16)3-6-15(9)19-10(2)13-8-12(17)4-5-14(13)18/h3-8,10,19H,1-2H3. The van der Waals surface area contributed by atoms with Gasteiger partial charge in [0.05, 0.1) is 6.04 Å². The number of halogens is 3. The van der Waals surface area contributed by atoms with E-state index in [9.17, 15) is 0 Å². The Kier molecular flexibility index (Phi) is 4.77. The van der Waals surface area contributed by atoms with Crippen molar-refractivity contribution in [1.29, 1.82) is 0 Å². The van der Waals surface area contributed by atoms with Crippen LogP contribution in [0.5, 0.6) is 0 Å². The van der Waals surface area contributed by atoms with Gasteiger partial charge in [-0.15, -0.1) is 0 Å². The smallest absolute Gasteiger partial charge is 0.0501 e. The molecule has 0 fully saturated rings. The van der Waals surface area contributed by atoms with Crippen LogP contribution in [0.2, 0.25) is 10.0 Å². The number of nitrogens with one attached hydrogen (secondary N) is 1. The summed E-state index contributed by atoms with van der Waals surface area (Å²) in [4.78, 5) is 0. The third-order valence-corrected chi connectivity index (χ3v) is 4.06. The Labute approximate surface area is 132 Å². The van der Waals surface area contributed by atoms with Crippen molar-refractivity contribution in [2.75, 3.05) is 5.32 Å². The molecule has 0 aliphatic heterocycles. The number of hydrogen-bond acceptors (Lipinski definition) is 1. The van der Waals surface area contributed by atoms with Gasteiger partial charge in [-0.25, -0.2) is 0 Å². The van der Waals surface area contributed by atoms with Crippen LogP contribution in [-0.2, 0) is 0 Å². The molecule has 2 rings (SSSR count). The zero-order chi connectivity index (χ0) is 14.0. The van der Waals surface area contributed by atoms with Crippen LogP contribution >= 0.6 is 39.1 Å². The lowest BCUT2D eigenvalue weighted by molar-refractivity contribution is 0.883. The first kappa shape index (κ1) is 14.7. The van der Waals surface area contributed by atoms with Crippen LogP contribution in [0.1, 0.15) is 24.1 Å². The van der Waals surface area contributed by atoms with Gasteiger partial charge in [-0.2, -0.15) is 0 Å². The molecule has 0 spiro atoms. The Morgan fingerprint density at radius 3 is 2.53 bits per heavy atom. The second-order valence-corrected chi connectivity index (χ2v) is 6.25. The Bertz CT molecular complexity index is 599. The predicted molar refractivity (Wildman–Crippen MR) is 87.4 cm³/mol. The average Bonchev–Trinajstić information content (AvgIpc) is 2.35. The minimum atomic E-state index is 0.0890. The molecule has 0 radical (unpaired) electrons. The molecule has 0 saturated heterocycles. The molecule has 0 heterocycles. The first-order chi connectivity index (χ1) is 8.97. The summed E-state index contributed by atoms with van der Waals surface area (Å²) < 4.78 is 1.07. The van der Waals surface area contributed by atoms with Crippen LogP contribution in [0.25, 0.3) is 0 Å². The topological polar surface area (TPSA) is 12.0 Å². The number of anilines is 1. The summed E-state index contributed by atoms with van der Waals surface area (Å²) >= 11 is 15.7. The maximum Gasteiger partial charge on any atom is 0.0501 e. The van der Waals surface area contributed by atoms with Gasteiger partial charge in [0.1, 0.15) is 0 Å². The Morgan fingerprint density at radius 1 is 1.11 bits per heavy atom. The lowest BCUT2D eigenvalue weighted by Crippen LogP contribution is -2.08. The summed E-state index contributed by atoms with van der Waals surface area (Å²) in [5.41, 5.74) is 3.27. The maximum atomic E-state index is 6.22. The molecule has 0 aliphatic carbocycles. The molecule has 19 heavy (non-hydrogen) atoms. The van der Waals surface area contributed by atoms with Crippen molar-refractivity contribution in [1.82, 2.24) is 0 Å². The highest BCUT2D eigenvalue weighted by Gasteiger charge is 2.11. The molecule has 0 amide bonds. The van der Waals surface area contributed by atoms with E-state index in [4.69, 9.17) is 23.2 Å². The van der Waals surface area contributed by atoms with Gasteiger partial charge in [-0.05, 0) is 61.4 Å². The summed E-state index contributed by atoms with van der Waals surface area (Å²) in [6, 6.07) is 11.8. The van der Waals surface area contributed by atoms with Gasteiger partial charge in [-0.1, -0.05) is 39.1 Å². The number of benzene rings is 2. The second-order valence-electron chi connectivity index (χ2n) is 4.49. The zero-order valence-corrected chi connectivity index (χ0v) is 13.8. The summed E-state index contributed by atoms with van der Waals surface area (Å²) in [7, 11) is 0. The van der Waals surface area contributed by atoms with E-state index in [-0.39, 0.29) is 6.04 Å². The van der Waals surface area contributed by atoms with Crippen molar-refractivity contribution in [3.8, 4) is 0 Å². The minimum Gasteiger partial charge on any atom is -0.378 e. The molecular weight excluding hydrogens is 345 g/mol. The van der Waals surface area contributed by atoms with Gasteiger partial charge in [0.25, 0.3) is 0 Å². The van der Waals surface area contributed by atoms with E-state index in [2.05, 4.69) is 41.2 Å². The molecule has 0 saturated carbocycles. The van der Waals surface area contributed by atoms with Crippen LogP contribution in [0.15, 0.2) is 40.9 Å². The largest absolute Gasteiger partial charge is 0.378 e. The van der Waals surface area contributed by atoms with E-state index in [0.717, 1.165) is 20.7 Å². The fourth-order valence-electron chi connectivity index (χ4n) is 1.95. The third kappa shape index (κ3) is 3.65. The number of aryl methyl sites for hydroxylation is 1. The number of hydrogen-bond donors (Lipinski definition) is 1. The average molecular weight is 359 g/mol. The molecule has 2 aromatic rings. The number of rotatable bonds is 3. The zero-order valence-electron chi connectivity index (χ0n) is 10.7. The molecule has 1 N–H and O–H groups in total. The lowest BCUT2D eigenvalue weighted by Gasteiger charge is -2.19. The molecular formula is C15H14BrCl2N. The van der Waals surface area contributed by atoms with Crippen LogP contribution < -0.4 is 5.32 Å². The summed E-state index contributed by atoms with van der Waals surface area (Å²) in [5, 5.41) is 4.87. The highest BCUT2D eigenvalue weighted by atomic mass is 79.9. The first-order valence-corrected chi connectivity index (χ1v) is 7.50. The minimum absolute atomic E-state index is 0.0890. The quantitative estimate of drug-likeness (QED) is 0.684. The summed E-state index contributed by atoms with van der Waals surface area (Å²) in [6.45, 7) is 4.14. The molecule has 1 atom stereocenters. The summed E-state index contributed by atoms with van der Waals surface area (Å²) in [6.07, 6.45) is 0. The Morgan fingerprint density at radius 2 is 1.84 bits per heavy atom. The molecule has 2 aromatic carbocycles. The monoisotopic (exact) mass is 357 g/mol. The van der Waals surface area contributed by atoms with Crippen LogP contribution in [0, 0.1) is 6.92 Å². The van der Waals surface area contributed by atoms with Crippen molar-refractivity contribution < 1.29 is 0 Å². The van der Waals surface area contributed by atoms with Crippen molar-refractivity contribution >= 4 is 44.8 Å². The Balaban J connectivity index is 2.25. The third-order valence-electron chi connectivity index (χ3n) is 2.99. The van der Waals surface area contributed by atoms with Crippen LogP contribution in [-0.4, -0.2) is 0 Å². The van der Waals surface area contributed by atoms with Gasteiger partial charge in [0, 0.05) is 20.2 Å². The highest BCUT2D eigenvalue weighted by molar-refractivity contribution is 9.10. The first-order valence-electron chi connectivity index (χ1n) is 5.95. The molecule has 0 aliphatic rings. The van der Waals surface area contributed by atoms with E-state index in [0.29, 0.717) is 5.02 Å². The molecule has 1 unspecified atom stereocenters. The molecule has 100 valence electrons. The second kappa shape index (κ2) is 6.17. The molecule has 0 bridgehead atoms. The van der Waals surface area contributed by atoms with E-state index >= 15 is 0 Å². The van der Waals surface area contributed by atoms with E-state index in [1.54, 1.807) is 6.07 Å². The fourth-order valence-corrected chi connectivity index (χ4v) is 2.88. The maximum absolute atomic E-state index is 6.22. The van der Waals surface area contributed by atoms with Gasteiger partial charge < -0.3 is 5.32 Å². The van der Waals surface area contributed by atoms with Crippen molar-refractivity contribution in [3.05, 3.63) is 62.0 Å². The van der Waals surface area contributed by atoms with E-state index < -0.39 is 0 Å². The highest BCUT2D eigenvalue weighted by Crippen LogP contribution is 2.30. The van der Waals surface area contributed by atoms with Crippen LogP contribution in [0.4, 0.5) is 5.69 Å². The Hall–Kier alpha value is -0.700. The van der Waals surface area contributed by atoms with Crippen LogP contribution in [0.3, 0.4) is 0 Å². The van der Waals surface area contributed by atoms with Gasteiger partial charge >= 0.3 is 0 Å². The molecule has 1 nitrogen and oxygen atoms in total. The normalized spacial score (nSPS) is 12.3. The van der Waals surface area contributed by atoms with Crippen molar-refractivity contribution in [3.63, 3.8) is 0 Å². The van der Waals surface area contributed by atoms with E-state index in [1.165, 1.54) is 5.56 Å². The van der Waals surface area contributed by atoms with Gasteiger partial charge in [-0.3, -0.25) is 0 Å².